The topological polar surface area (TPSA) is 43.4 Å². The summed E-state index contributed by atoms with van der Waals surface area (Å²) in [4.78, 5) is 4.29. The Labute approximate surface area is 96.3 Å². The van der Waals surface area contributed by atoms with Crippen molar-refractivity contribution < 1.29 is 9.47 Å². The molecule has 0 atom stereocenters. The normalized spacial score (nSPS) is 9.81. The fourth-order valence-corrected chi connectivity index (χ4v) is 1.25. The van der Waals surface area contributed by atoms with Gasteiger partial charge in [-0.25, -0.2) is 4.98 Å². The van der Waals surface area contributed by atoms with Gasteiger partial charge in [0.2, 0.25) is 5.88 Å². The zero-order chi connectivity index (χ0) is 11.6. The van der Waals surface area contributed by atoms with E-state index in [-0.39, 0.29) is 0 Å². The average molecular weight is 222 g/mol. The molecule has 0 saturated carbocycles. The summed E-state index contributed by atoms with van der Waals surface area (Å²) in [6.07, 6.45) is 2.42. The summed E-state index contributed by atoms with van der Waals surface area (Å²) in [5.74, 6) is 0.647. The molecule has 0 aromatic carbocycles. The van der Waals surface area contributed by atoms with Crippen LogP contribution in [-0.4, -0.2) is 25.2 Å². The van der Waals surface area contributed by atoms with Gasteiger partial charge in [-0.3, -0.25) is 0 Å². The molecular formula is C12H18N2O2. The monoisotopic (exact) mass is 222 g/mol. The summed E-state index contributed by atoms with van der Waals surface area (Å²) in [5.41, 5.74) is 0.976. The Kier molecular flexibility index (Phi) is 6.03. The maximum atomic E-state index is 5.04. The van der Waals surface area contributed by atoms with Crippen molar-refractivity contribution in [1.82, 2.24) is 10.3 Å². The van der Waals surface area contributed by atoms with Crippen LogP contribution in [0.25, 0.3) is 0 Å². The lowest BCUT2D eigenvalue weighted by atomic mass is 10.3. The van der Waals surface area contributed by atoms with E-state index in [4.69, 9.17) is 9.47 Å². The van der Waals surface area contributed by atoms with Gasteiger partial charge in [0.05, 0.1) is 25.7 Å². The second kappa shape index (κ2) is 7.70. The van der Waals surface area contributed by atoms with Crippen LogP contribution in [0.3, 0.4) is 0 Å². The van der Waals surface area contributed by atoms with Gasteiger partial charge in [-0.05, 0) is 19.0 Å². The summed E-state index contributed by atoms with van der Waals surface area (Å²) in [6.45, 7) is 5.81. The number of nitrogens with zero attached hydrogens (tertiary/aromatic N) is 1. The molecule has 0 aliphatic carbocycles. The van der Waals surface area contributed by atoms with Crippen molar-refractivity contribution in [2.45, 2.75) is 13.0 Å². The first-order valence-electron chi connectivity index (χ1n) is 5.30. The van der Waals surface area contributed by atoms with Gasteiger partial charge in [0.15, 0.2) is 0 Å². The third kappa shape index (κ3) is 4.79. The van der Waals surface area contributed by atoms with E-state index >= 15 is 0 Å². The SMILES string of the molecule is C=COCCCNCc1cccc(OC)n1. The predicted molar refractivity (Wildman–Crippen MR) is 63.3 cm³/mol. The molecule has 0 fully saturated rings. The van der Waals surface area contributed by atoms with E-state index in [1.165, 1.54) is 6.26 Å². The van der Waals surface area contributed by atoms with E-state index in [0.717, 1.165) is 25.2 Å². The zero-order valence-electron chi connectivity index (χ0n) is 9.61. The molecule has 4 nitrogen and oxygen atoms in total. The van der Waals surface area contributed by atoms with E-state index in [1.54, 1.807) is 7.11 Å². The second-order valence-corrected chi connectivity index (χ2v) is 3.24. The molecule has 0 spiro atoms. The standard InChI is InChI=1S/C12H18N2O2/c1-3-16-9-5-8-13-10-11-6-4-7-12(14-11)15-2/h3-4,6-7,13H,1,5,8-10H2,2H3. The zero-order valence-corrected chi connectivity index (χ0v) is 9.61. The Balaban J connectivity index is 2.18. The largest absolute Gasteiger partial charge is 0.502 e. The molecule has 0 aliphatic rings. The molecular weight excluding hydrogens is 204 g/mol. The average Bonchev–Trinajstić information content (AvgIpc) is 2.34. The highest BCUT2D eigenvalue weighted by atomic mass is 16.5. The van der Waals surface area contributed by atoms with Crippen molar-refractivity contribution >= 4 is 0 Å². The number of ether oxygens (including phenoxy) is 2. The molecule has 0 bridgehead atoms. The van der Waals surface area contributed by atoms with Crippen LogP contribution >= 0.6 is 0 Å². The molecule has 0 unspecified atom stereocenters. The first-order valence-corrected chi connectivity index (χ1v) is 5.30. The molecule has 16 heavy (non-hydrogen) atoms. The first-order chi connectivity index (χ1) is 7.86. The summed E-state index contributed by atoms with van der Waals surface area (Å²) in [6, 6.07) is 5.74. The van der Waals surface area contributed by atoms with E-state index in [0.29, 0.717) is 12.5 Å². The number of methoxy groups -OCH3 is 1. The minimum Gasteiger partial charge on any atom is -0.502 e. The van der Waals surface area contributed by atoms with E-state index < -0.39 is 0 Å². The minimum absolute atomic E-state index is 0.647. The van der Waals surface area contributed by atoms with Crippen LogP contribution in [-0.2, 0) is 11.3 Å². The van der Waals surface area contributed by atoms with Crippen LogP contribution in [0.2, 0.25) is 0 Å². The number of hydrogen-bond donors (Lipinski definition) is 1. The lowest BCUT2D eigenvalue weighted by molar-refractivity contribution is 0.244. The fraction of sp³-hybridized carbons (Fsp3) is 0.417. The summed E-state index contributed by atoms with van der Waals surface area (Å²) >= 11 is 0. The maximum Gasteiger partial charge on any atom is 0.213 e. The van der Waals surface area contributed by atoms with Crippen molar-refractivity contribution in [2.75, 3.05) is 20.3 Å². The second-order valence-electron chi connectivity index (χ2n) is 3.24. The lowest BCUT2D eigenvalue weighted by Crippen LogP contribution is -2.16. The molecule has 0 radical (unpaired) electrons. The minimum atomic E-state index is 0.647. The molecule has 1 heterocycles. The number of hydrogen-bond acceptors (Lipinski definition) is 4. The number of pyridine rings is 1. The summed E-state index contributed by atoms with van der Waals surface area (Å²) in [5, 5.41) is 3.28. The van der Waals surface area contributed by atoms with Gasteiger partial charge < -0.3 is 14.8 Å². The number of nitrogens with one attached hydrogen (secondary N) is 1. The lowest BCUT2D eigenvalue weighted by Gasteiger charge is -2.05. The Morgan fingerprint density at radius 1 is 1.50 bits per heavy atom. The highest BCUT2D eigenvalue weighted by molar-refractivity contribution is 5.15. The third-order valence-corrected chi connectivity index (χ3v) is 2.03. The smallest absolute Gasteiger partial charge is 0.213 e. The third-order valence-electron chi connectivity index (χ3n) is 2.03. The number of aromatic nitrogens is 1. The number of rotatable bonds is 8. The highest BCUT2D eigenvalue weighted by Crippen LogP contribution is 2.05. The van der Waals surface area contributed by atoms with Gasteiger partial charge >= 0.3 is 0 Å². The van der Waals surface area contributed by atoms with Crippen LogP contribution < -0.4 is 10.1 Å². The van der Waals surface area contributed by atoms with Gasteiger partial charge in [-0.2, -0.15) is 0 Å². The molecule has 0 aliphatic heterocycles. The van der Waals surface area contributed by atoms with Crippen molar-refractivity contribution in [2.24, 2.45) is 0 Å². The Morgan fingerprint density at radius 2 is 2.38 bits per heavy atom. The Hall–Kier alpha value is -1.55. The van der Waals surface area contributed by atoms with Crippen LogP contribution in [0, 0.1) is 0 Å². The Morgan fingerprint density at radius 3 is 3.12 bits per heavy atom. The predicted octanol–water partition coefficient (Wildman–Crippen LogP) is 1.73. The maximum absolute atomic E-state index is 5.04. The van der Waals surface area contributed by atoms with Crippen LogP contribution in [0.15, 0.2) is 31.0 Å². The van der Waals surface area contributed by atoms with E-state index in [2.05, 4.69) is 16.9 Å². The molecule has 88 valence electrons. The quantitative estimate of drug-likeness (QED) is 0.537. The fourth-order valence-electron chi connectivity index (χ4n) is 1.25. The van der Waals surface area contributed by atoms with Crippen molar-refractivity contribution in [1.29, 1.82) is 0 Å². The van der Waals surface area contributed by atoms with Gasteiger partial charge in [0.25, 0.3) is 0 Å². The Bertz CT molecular complexity index is 316. The molecule has 4 heteroatoms. The van der Waals surface area contributed by atoms with Crippen molar-refractivity contribution in [3.63, 3.8) is 0 Å². The van der Waals surface area contributed by atoms with Crippen molar-refractivity contribution in [3.05, 3.63) is 36.7 Å². The van der Waals surface area contributed by atoms with Gasteiger partial charge in [-0.15, -0.1) is 0 Å². The molecule has 1 rings (SSSR count). The van der Waals surface area contributed by atoms with Crippen LogP contribution in [0.1, 0.15) is 12.1 Å². The van der Waals surface area contributed by atoms with Gasteiger partial charge in [-0.1, -0.05) is 12.6 Å². The molecule has 1 aromatic rings. The molecule has 1 aromatic heterocycles. The van der Waals surface area contributed by atoms with E-state index in [1.807, 2.05) is 18.2 Å². The van der Waals surface area contributed by atoms with E-state index in [9.17, 15) is 0 Å². The first kappa shape index (κ1) is 12.5. The molecule has 0 saturated heterocycles. The van der Waals surface area contributed by atoms with Gasteiger partial charge in [0, 0.05) is 12.6 Å². The van der Waals surface area contributed by atoms with Crippen molar-refractivity contribution in [3.8, 4) is 5.88 Å². The molecule has 1 N–H and O–H groups in total. The van der Waals surface area contributed by atoms with Crippen LogP contribution in [0.4, 0.5) is 0 Å². The summed E-state index contributed by atoms with van der Waals surface area (Å²) in [7, 11) is 1.62. The summed E-state index contributed by atoms with van der Waals surface area (Å²) < 4.78 is 10.1. The highest BCUT2D eigenvalue weighted by Gasteiger charge is 1.96. The molecule has 0 amide bonds. The van der Waals surface area contributed by atoms with Gasteiger partial charge in [0.1, 0.15) is 0 Å². The van der Waals surface area contributed by atoms with Crippen LogP contribution in [0.5, 0.6) is 5.88 Å².